The predicted octanol–water partition coefficient (Wildman–Crippen LogP) is 4.01. The molecule has 20 heavy (non-hydrogen) atoms. The monoisotopic (exact) mass is 273 g/mol. The number of carbonyl (C=O) groups is 1. The van der Waals surface area contributed by atoms with Gasteiger partial charge in [0.05, 0.1) is 0 Å². The standard InChI is InChI=1S/C16H13F2NO/c1-11(9-12-5-3-2-4-6-12)16(20)19-13-7-8-14(17)15(18)10-13/h2-10H,1H3,(H,19,20). The first kappa shape index (κ1) is 13.9. The Balaban J connectivity index is 2.11. The highest BCUT2D eigenvalue weighted by atomic mass is 19.2. The maximum atomic E-state index is 13.0. The fraction of sp³-hybridized carbons (Fsp3) is 0.0625. The van der Waals surface area contributed by atoms with Crippen molar-refractivity contribution in [1.82, 2.24) is 0 Å². The number of amides is 1. The van der Waals surface area contributed by atoms with E-state index < -0.39 is 11.6 Å². The van der Waals surface area contributed by atoms with Gasteiger partial charge < -0.3 is 5.32 Å². The minimum atomic E-state index is -0.993. The number of hydrogen-bond donors (Lipinski definition) is 1. The summed E-state index contributed by atoms with van der Waals surface area (Å²) >= 11 is 0. The van der Waals surface area contributed by atoms with Gasteiger partial charge in [0.1, 0.15) is 0 Å². The molecule has 4 heteroatoms. The van der Waals surface area contributed by atoms with Crippen LogP contribution in [-0.4, -0.2) is 5.91 Å². The minimum absolute atomic E-state index is 0.217. The van der Waals surface area contributed by atoms with Crippen LogP contribution in [0.2, 0.25) is 0 Å². The zero-order valence-corrected chi connectivity index (χ0v) is 10.9. The van der Waals surface area contributed by atoms with Crippen molar-refractivity contribution in [3.05, 3.63) is 71.3 Å². The van der Waals surface area contributed by atoms with E-state index in [1.54, 1.807) is 13.0 Å². The maximum absolute atomic E-state index is 13.0. The summed E-state index contributed by atoms with van der Waals surface area (Å²) in [5.41, 5.74) is 1.58. The Bertz CT molecular complexity index is 651. The van der Waals surface area contributed by atoms with Gasteiger partial charge in [0.25, 0.3) is 5.91 Å². The van der Waals surface area contributed by atoms with Crippen molar-refractivity contribution in [2.75, 3.05) is 5.32 Å². The third kappa shape index (κ3) is 3.51. The summed E-state index contributed by atoms with van der Waals surface area (Å²) < 4.78 is 25.8. The molecule has 0 unspecified atom stereocenters. The summed E-state index contributed by atoms with van der Waals surface area (Å²) in [6.07, 6.45) is 1.72. The van der Waals surface area contributed by atoms with Crippen LogP contribution in [0, 0.1) is 11.6 Å². The van der Waals surface area contributed by atoms with E-state index in [1.165, 1.54) is 6.07 Å². The second-order valence-electron chi connectivity index (χ2n) is 4.32. The van der Waals surface area contributed by atoms with Crippen LogP contribution in [0.25, 0.3) is 6.08 Å². The van der Waals surface area contributed by atoms with E-state index in [-0.39, 0.29) is 11.6 Å². The average molecular weight is 273 g/mol. The molecule has 0 radical (unpaired) electrons. The highest BCUT2D eigenvalue weighted by molar-refractivity contribution is 6.06. The molecular weight excluding hydrogens is 260 g/mol. The van der Waals surface area contributed by atoms with Crippen molar-refractivity contribution in [3.63, 3.8) is 0 Å². The molecule has 0 aliphatic rings. The molecule has 1 N–H and O–H groups in total. The van der Waals surface area contributed by atoms with E-state index in [4.69, 9.17) is 0 Å². The molecule has 0 aliphatic carbocycles. The lowest BCUT2D eigenvalue weighted by molar-refractivity contribution is -0.112. The third-order valence-corrected chi connectivity index (χ3v) is 2.72. The first-order valence-corrected chi connectivity index (χ1v) is 6.06. The Labute approximate surface area is 115 Å². The maximum Gasteiger partial charge on any atom is 0.251 e. The van der Waals surface area contributed by atoms with Gasteiger partial charge in [0.2, 0.25) is 0 Å². The van der Waals surface area contributed by atoms with Gasteiger partial charge in [-0.1, -0.05) is 30.3 Å². The van der Waals surface area contributed by atoms with E-state index in [0.717, 1.165) is 17.7 Å². The van der Waals surface area contributed by atoms with E-state index in [9.17, 15) is 13.6 Å². The largest absolute Gasteiger partial charge is 0.322 e. The molecule has 1 amide bonds. The molecule has 0 fully saturated rings. The van der Waals surface area contributed by atoms with Crippen molar-refractivity contribution in [1.29, 1.82) is 0 Å². The summed E-state index contributed by atoms with van der Waals surface area (Å²) in [5.74, 6) is -2.30. The molecule has 2 aromatic rings. The summed E-state index contributed by atoms with van der Waals surface area (Å²) in [6.45, 7) is 1.65. The van der Waals surface area contributed by atoms with E-state index >= 15 is 0 Å². The van der Waals surface area contributed by atoms with Crippen LogP contribution in [0.5, 0.6) is 0 Å². The molecule has 2 rings (SSSR count). The Morgan fingerprint density at radius 2 is 1.75 bits per heavy atom. The van der Waals surface area contributed by atoms with Crippen LogP contribution < -0.4 is 5.32 Å². The number of rotatable bonds is 3. The van der Waals surface area contributed by atoms with E-state index in [1.807, 2.05) is 30.3 Å². The number of nitrogens with one attached hydrogen (secondary N) is 1. The predicted molar refractivity (Wildman–Crippen MR) is 75.1 cm³/mol. The lowest BCUT2D eigenvalue weighted by Gasteiger charge is -2.06. The topological polar surface area (TPSA) is 29.1 Å². The number of carbonyl (C=O) groups excluding carboxylic acids is 1. The first-order chi connectivity index (χ1) is 9.56. The average Bonchev–Trinajstić information content (AvgIpc) is 2.44. The van der Waals surface area contributed by atoms with Crippen LogP contribution in [0.4, 0.5) is 14.5 Å². The van der Waals surface area contributed by atoms with Crippen LogP contribution in [0.15, 0.2) is 54.1 Å². The normalized spacial score (nSPS) is 11.2. The summed E-state index contributed by atoms with van der Waals surface area (Å²) in [4.78, 5) is 11.9. The molecule has 2 aromatic carbocycles. The van der Waals surface area contributed by atoms with Crippen LogP contribution in [-0.2, 0) is 4.79 Å². The van der Waals surface area contributed by atoms with Gasteiger partial charge in [0.15, 0.2) is 11.6 Å². The lowest BCUT2D eigenvalue weighted by atomic mass is 10.1. The van der Waals surface area contributed by atoms with Crippen molar-refractivity contribution < 1.29 is 13.6 Å². The Kier molecular flexibility index (Phi) is 4.25. The highest BCUT2D eigenvalue weighted by Gasteiger charge is 2.07. The fourth-order valence-electron chi connectivity index (χ4n) is 1.67. The summed E-state index contributed by atoms with van der Waals surface area (Å²) in [5, 5.41) is 2.52. The van der Waals surface area contributed by atoms with Gasteiger partial charge in [-0.2, -0.15) is 0 Å². The molecule has 0 heterocycles. The Morgan fingerprint density at radius 1 is 1.05 bits per heavy atom. The summed E-state index contributed by atoms with van der Waals surface area (Å²) in [7, 11) is 0. The van der Waals surface area contributed by atoms with Gasteiger partial charge in [0, 0.05) is 17.3 Å². The van der Waals surface area contributed by atoms with Gasteiger partial charge in [-0.15, -0.1) is 0 Å². The lowest BCUT2D eigenvalue weighted by Crippen LogP contribution is -2.12. The smallest absolute Gasteiger partial charge is 0.251 e. The SMILES string of the molecule is CC(=Cc1ccccc1)C(=O)Nc1ccc(F)c(F)c1. The third-order valence-electron chi connectivity index (χ3n) is 2.72. The number of halogens is 2. The number of hydrogen-bond acceptors (Lipinski definition) is 1. The van der Waals surface area contributed by atoms with Gasteiger partial charge in [-0.05, 0) is 30.7 Å². The second kappa shape index (κ2) is 6.10. The van der Waals surface area contributed by atoms with Gasteiger partial charge >= 0.3 is 0 Å². The molecule has 0 bridgehead atoms. The van der Waals surface area contributed by atoms with E-state index in [0.29, 0.717) is 5.57 Å². The molecule has 0 spiro atoms. The molecule has 102 valence electrons. The van der Waals surface area contributed by atoms with Crippen LogP contribution in [0.1, 0.15) is 12.5 Å². The molecule has 0 saturated carbocycles. The molecule has 2 nitrogen and oxygen atoms in total. The van der Waals surface area contributed by atoms with Crippen LogP contribution >= 0.6 is 0 Å². The van der Waals surface area contributed by atoms with Crippen molar-refractivity contribution >= 4 is 17.7 Å². The zero-order chi connectivity index (χ0) is 14.5. The Hall–Kier alpha value is -2.49. The zero-order valence-electron chi connectivity index (χ0n) is 10.9. The minimum Gasteiger partial charge on any atom is -0.322 e. The van der Waals surface area contributed by atoms with Gasteiger partial charge in [-0.25, -0.2) is 8.78 Å². The molecule has 0 atom stereocenters. The highest BCUT2D eigenvalue weighted by Crippen LogP contribution is 2.14. The van der Waals surface area contributed by atoms with Gasteiger partial charge in [-0.3, -0.25) is 4.79 Å². The van der Waals surface area contributed by atoms with Crippen molar-refractivity contribution in [3.8, 4) is 0 Å². The first-order valence-electron chi connectivity index (χ1n) is 6.06. The number of benzene rings is 2. The number of anilines is 1. The quantitative estimate of drug-likeness (QED) is 0.841. The van der Waals surface area contributed by atoms with E-state index in [2.05, 4.69) is 5.32 Å². The van der Waals surface area contributed by atoms with Crippen molar-refractivity contribution in [2.45, 2.75) is 6.92 Å². The molecular formula is C16H13F2NO. The fourth-order valence-corrected chi connectivity index (χ4v) is 1.67. The Morgan fingerprint density at radius 3 is 2.40 bits per heavy atom. The molecule has 0 aliphatic heterocycles. The second-order valence-corrected chi connectivity index (χ2v) is 4.32. The van der Waals surface area contributed by atoms with Crippen LogP contribution in [0.3, 0.4) is 0 Å². The van der Waals surface area contributed by atoms with Crippen molar-refractivity contribution in [2.24, 2.45) is 0 Å². The molecule has 0 aromatic heterocycles. The summed E-state index contributed by atoms with van der Waals surface area (Å²) in [6, 6.07) is 12.6. The molecule has 0 saturated heterocycles.